The zero-order valence-corrected chi connectivity index (χ0v) is 17.6. The molecule has 4 aromatic heterocycles. The lowest BCUT2D eigenvalue weighted by atomic mass is 10.1. The summed E-state index contributed by atoms with van der Waals surface area (Å²) in [6.45, 7) is 8.34. The third-order valence-corrected chi connectivity index (χ3v) is 5.76. The van der Waals surface area contributed by atoms with Crippen LogP contribution in [0, 0.1) is 5.82 Å². The number of imidazole rings is 1. The number of anilines is 1. The third-order valence-electron chi connectivity index (χ3n) is 5.76. The van der Waals surface area contributed by atoms with E-state index in [1.54, 1.807) is 18.6 Å². The first-order valence-corrected chi connectivity index (χ1v) is 10.5. The Bertz CT molecular complexity index is 1200. The minimum atomic E-state index is -0.396. The maximum atomic E-state index is 13.9. The Morgan fingerprint density at radius 3 is 2.39 bits per heavy atom. The largest absolute Gasteiger partial charge is 0.353 e. The Hall–Kier alpha value is -3.39. The van der Waals surface area contributed by atoms with Crippen LogP contribution in [0.1, 0.15) is 13.8 Å². The lowest BCUT2D eigenvalue weighted by molar-refractivity contribution is 0.209. The lowest BCUT2D eigenvalue weighted by Crippen LogP contribution is -2.49. The van der Waals surface area contributed by atoms with Gasteiger partial charge in [0.1, 0.15) is 23.0 Å². The Labute approximate surface area is 180 Å². The summed E-state index contributed by atoms with van der Waals surface area (Å²) in [6, 6.07) is 9.80. The van der Waals surface area contributed by atoms with Crippen LogP contribution < -0.4 is 4.90 Å². The van der Waals surface area contributed by atoms with Crippen LogP contribution in [0.2, 0.25) is 0 Å². The van der Waals surface area contributed by atoms with Crippen molar-refractivity contribution in [3.63, 3.8) is 0 Å². The number of hydrogen-bond donors (Lipinski definition) is 0. The second-order valence-electron chi connectivity index (χ2n) is 8.02. The van der Waals surface area contributed by atoms with Gasteiger partial charge in [0, 0.05) is 61.9 Å². The lowest BCUT2D eigenvalue weighted by Gasteiger charge is -2.37. The molecule has 0 aliphatic carbocycles. The average molecular weight is 417 g/mol. The molecular weight excluding hydrogens is 393 g/mol. The van der Waals surface area contributed by atoms with E-state index in [0.29, 0.717) is 22.9 Å². The molecule has 1 saturated heterocycles. The van der Waals surface area contributed by atoms with E-state index in [1.807, 2.05) is 28.8 Å². The van der Waals surface area contributed by atoms with Crippen molar-refractivity contribution in [1.29, 1.82) is 0 Å². The van der Waals surface area contributed by atoms with E-state index in [2.05, 4.69) is 33.6 Å². The van der Waals surface area contributed by atoms with Gasteiger partial charge in [-0.15, -0.1) is 5.10 Å². The molecule has 5 rings (SSSR count). The molecule has 1 fully saturated rings. The molecule has 31 heavy (non-hydrogen) atoms. The monoisotopic (exact) mass is 417 g/mol. The second kappa shape index (κ2) is 8.03. The SMILES string of the molecule is CC(C)N1CCN(c2ccc3nc(-c4cncc(F)c4)c(-c4ccncc4)n3n2)CC1. The van der Waals surface area contributed by atoms with E-state index in [9.17, 15) is 4.39 Å². The fraction of sp³-hybridized carbons (Fsp3) is 0.304. The zero-order chi connectivity index (χ0) is 21.4. The molecule has 0 bridgehead atoms. The highest BCUT2D eigenvalue weighted by atomic mass is 19.1. The van der Waals surface area contributed by atoms with Gasteiger partial charge in [0.2, 0.25) is 0 Å². The summed E-state index contributed by atoms with van der Waals surface area (Å²) < 4.78 is 15.8. The highest BCUT2D eigenvalue weighted by Gasteiger charge is 2.22. The summed E-state index contributed by atoms with van der Waals surface area (Å²) in [6.07, 6.45) is 6.29. The number of aromatic nitrogens is 5. The number of halogens is 1. The van der Waals surface area contributed by atoms with Crippen LogP contribution in [0.15, 0.2) is 55.1 Å². The van der Waals surface area contributed by atoms with Crippen molar-refractivity contribution >= 4 is 11.5 Å². The molecule has 158 valence electrons. The number of fused-ring (bicyclic) bond motifs is 1. The number of rotatable bonds is 4. The third kappa shape index (κ3) is 3.74. The number of pyridine rings is 2. The quantitative estimate of drug-likeness (QED) is 0.506. The van der Waals surface area contributed by atoms with Crippen LogP contribution in [-0.4, -0.2) is 61.7 Å². The van der Waals surface area contributed by atoms with Gasteiger partial charge in [0.15, 0.2) is 5.65 Å². The van der Waals surface area contributed by atoms with Gasteiger partial charge in [-0.05, 0) is 44.2 Å². The fourth-order valence-corrected chi connectivity index (χ4v) is 4.07. The van der Waals surface area contributed by atoms with Crippen LogP contribution >= 0.6 is 0 Å². The molecule has 4 aromatic rings. The van der Waals surface area contributed by atoms with Gasteiger partial charge in [0.25, 0.3) is 0 Å². The molecule has 5 heterocycles. The average Bonchev–Trinajstić information content (AvgIpc) is 3.18. The number of piperazine rings is 1. The molecule has 0 saturated carbocycles. The molecule has 0 amide bonds. The van der Waals surface area contributed by atoms with Gasteiger partial charge in [-0.3, -0.25) is 14.9 Å². The Morgan fingerprint density at radius 2 is 1.68 bits per heavy atom. The summed E-state index contributed by atoms with van der Waals surface area (Å²) >= 11 is 0. The van der Waals surface area contributed by atoms with Crippen LogP contribution in [0.4, 0.5) is 10.2 Å². The van der Waals surface area contributed by atoms with E-state index in [0.717, 1.165) is 43.3 Å². The van der Waals surface area contributed by atoms with E-state index in [-0.39, 0.29) is 0 Å². The number of hydrogen-bond acceptors (Lipinski definition) is 6. The smallest absolute Gasteiger partial charge is 0.155 e. The van der Waals surface area contributed by atoms with Crippen molar-refractivity contribution in [2.75, 3.05) is 31.1 Å². The summed E-state index contributed by atoms with van der Waals surface area (Å²) in [7, 11) is 0. The minimum absolute atomic E-state index is 0.396. The molecule has 8 heteroatoms. The molecular formula is C23H24FN7. The van der Waals surface area contributed by atoms with Crippen LogP contribution in [0.5, 0.6) is 0 Å². The first kappa shape index (κ1) is 19.6. The van der Waals surface area contributed by atoms with Crippen molar-refractivity contribution in [3.05, 3.63) is 60.9 Å². The van der Waals surface area contributed by atoms with Crippen LogP contribution in [0.3, 0.4) is 0 Å². The zero-order valence-electron chi connectivity index (χ0n) is 17.6. The van der Waals surface area contributed by atoms with Crippen molar-refractivity contribution in [2.24, 2.45) is 0 Å². The second-order valence-corrected chi connectivity index (χ2v) is 8.02. The molecule has 0 N–H and O–H groups in total. The molecule has 0 unspecified atom stereocenters. The Kier molecular flexibility index (Phi) is 5.07. The molecule has 0 spiro atoms. The normalized spacial score (nSPS) is 15.2. The predicted molar refractivity (Wildman–Crippen MR) is 118 cm³/mol. The van der Waals surface area contributed by atoms with E-state index in [4.69, 9.17) is 10.1 Å². The molecule has 1 aliphatic heterocycles. The fourth-order valence-electron chi connectivity index (χ4n) is 4.07. The summed E-state index contributed by atoms with van der Waals surface area (Å²) in [4.78, 5) is 17.7. The van der Waals surface area contributed by atoms with Crippen molar-refractivity contribution in [2.45, 2.75) is 19.9 Å². The Morgan fingerprint density at radius 1 is 0.903 bits per heavy atom. The predicted octanol–water partition coefficient (Wildman–Crippen LogP) is 3.52. The minimum Gasteiger partial charge on any atom is -0.353 e. The van der Waals surface area contributed by atoms with Gasteiger partial charge < -0.3 is 4.90 Å². The van der Waals surface area contributed by atoms with Gasteiger partial charge in [-0.25, -0.2) is 13.9 Å². The van der Waals surface area contributed by atoms with Crippen LogP contribution in [0.25, 0.3) is 28.2 Å². The first-order chi connectivity index (χ1) is 15.1. The maximum absolute atomic E-state index is 13.9. The van der Waals surface area contributed by atoms with Gasteiger partial charge >= 0.3 is 0 Å². The molecule has 0 aromatic carbocycles. The van der Waals surface area contributed by atoms with Gasteiger partial charge in [-0.1, -0.05) is 0 Å². The molecule has 0 radical (unpaired) electrons. The van der Waals surface area contributed by atoms with E-state index >= 15 is 0 Å². The van der Waals surface area contributed by atoms with E-state index < -0.39 is 5.82 Å². The highest BCUT2D eigenvalue weighted by molar-refractivity contribution is 5.81. The van der Waals surface area contributed by atoms with Crippen LogP contribution in [-0.2, 0) is 0 Å². The summed E-state index contributed by atoms with van der Waals surface area (Å²) in [5.74, 6) is 0.513. The first-order valence-electron chi connectivity index (χ1n) is 10.5. The summed E-state index contributed by atoms with van der Waals surface area (Å²) in [5, 5.41) is 4.94. The van der Waals surface area contributed by atoms with Crippen molar-refractivity contribution < 1.29 is 4.39 Å². The highest BCUT2D eigenvalue weighted by Crippen LogP contribution is 2.32. The molecule has 1 aliphatic rings. The summed E-state index contributed by atoms with van der Waals surface area (Å²) in [5.41, 5.74) is 3.68. The van der Waals surface area contributed by atoms with Crippen molar-refractivity contribution in [3.8, 4) is 22.5 Å². The molecule has 0 atom stereocenters. The topological polar surface area (TPSA) is 62.5 Å². The van der Waals surface area contributed by atoms with E-state index in [1.165, 1.54) is 12.3 Å². The van der Waals surface area contributed by atoms with Gasteiger partial charge in [0.05, 0.1) is 6.20 Å². The Balaban J connectivity index is 1.61. The van der Waals surface area contributed by atoms with Gasteiger partial charge in [-0.2, -0.15) is 0 Å². The maximum Gasteiger partial charge on any atom is 0.155 e. The number of nitrogens with zero attached hydrogens (tertiary/aromatic N) is 7. The standard InChI is InChI=1S/C23H24FN7/c1-16(2)29-9-11-30(12-10-29)21-4-3-20-27-22(18-13-19(24)15-26-14-18)23(31(20)28-21)17-5-7-25-8-6-17/h3-8,13-16H,9-12H2,1-2H3. The van der Waals surface area contributed by atoms with Crippen molar-refractivity contribution in [1.82, 2.24) is 29.5 Å². The molecule has 7 nitrogen and oxygen atoms in total.